The average Bonchev–Trinajstić information content (AvgIpc) is 3.36. The lowest BCUT2D eigenvalue weighted by Crippen LogP contribution is -2.37. The zero-order valence-electron chi connectivity index (χ0n) is 14.7. The smallest absolute Gasteiger partial charge is 0.247 e. The predicted octanol–water partition coefficient (Wildman–Crippen LogP) is 4.14. The number of para-hydroxylation sites is 3. The van der Waals surface area contributed by atoms with Gasteiger partial charge in [-0.15, -0.1) is 11.3 Å². The Kier molecular flexibility index (Phi) is 3.98. The summed E-state index contributed by atoms with van der Waals surface area (Å²) in [5, 5.41) is 1.97. The number of carbonyl (C=O) groups excluding carboxylic acids is 1. The number of nitrogens with zero attached hydrogens (tertiary/aromatic N) is 4. The van der Waals surface area contributed by atoms with Gasteiger partial charge < -0.3 is 9.47 Å². The van der Waals surface area contributed by atoms with E-state index >= 15 is 0 Å². The quantitative estimate of drug-likeness (QED) is 0.542. The van der Waals surface area contributed by atoms with Crippen LogP contribution < -0.4 is 4.90 Å². The Morgan fingerprint density at radius 1 is 1.11 bits per heavy atom. The Balaban J connectivity index is 1.55. The maximum Gasteiger partial charge on any atom is 0.247 e. The molecule has 0 saturated carbocycles. The van der Waals surface area contributed by atoms with Gasteiger partial charge in [0.15, 0.2) is 5.82 Å². The van der Waals surface area contributed by atoms with Gasteiger partial charge in [-0.1, -0.05) is 30.3 Å². The van der Waals surface area contributed by atoms with E-state index in [4.69, 9.17) is 4.98 Å². The molecule has 0 fully saturated rings. The van der Waals surface area contributed by atoms with Crippen molar-refractivity contribution in [3.8, 4) is 11.5 Å². The fourth-order valence-corrected chi connectivity index (χ4v) is 4.30. The van der Waals surface area contributed by atoms with Crippen LogP contribution in [-0.4, -0.2) is 27.0 Å². The number of aryl methyl sites for hydroxylation is 1. The Labute approximate surface area is 160 Å². The van der Waals surface area contributed by atoms with Gasteiger partial charge in [-0.3, -0.25) is 4.79 Å². The Bertz CT molecular complexity index is 1120. The van der Waals surface area contributed by atoms with Gasteiger partial charge in [0.1, 0.15) is 12.2 Å². The highest BCUT2D eigenvalue weighted by atomic mass is 32.1. The molecule has 0 aliphatic carbocycles. The Hall–Kier alpha value is -2.99. The minimum absolute atomic E-state index is 0.0850. The molecule has 134 valence electrons. The van der Waals surface area contributed by atoms with E-state index in [-0.39, 0.29) is 12.5 Å². The molecule has 0 saturated heterocycles. The fourth-order valence-electron chi connectivity index (χ4n) is 3.77. The lowest BCUT2D eigenvalue weighted by Gasteiger charge is -2.29. The molecule has 2 aromatic carbocycles. The van der Waals surface area contributed by atoms with Crippen LogP contribution in [0.4, 0.5) is 5.69 Å². The second kappa shape index (κ2) is 6.63. The van der Waals surface area contributed by atoms with E-state index in [1.165, 1.54) is 16.9 Å². The molecule has 5 rings (SSSR count). The van der Waals surface area contributed by atoms with Crippen LogP contribution in [0.2, 0.25) is 0 Å². The summed E-state index contributed by atoms with van der Waals surface area (Å²) in [5.74, 6) is 0.831. The second-order valence-corrected chi connectivity index (χ2v) is 7.38. The van der Waals surface area contributed by atoms with Gasteiger partial charge in [-0.2, -0.15) is 0 Å². The molecule has 0 spiro atoms. The molecule has 0 bridgehead atoms. The van der Waals surface area contributed by atoms with Crippen LogP contribution in [-0.2, 0) is 17.8 Å². The Morgan fingerprint density at radius 3 is 2.85 bits per heavy atom. The van der Waals surface area contributed by atoms with Crippen LogP contribution in [0.15, 0.2) is 59.4 Å². The van der Waals surface area contributed by atoms with Crippen molar-refractivity contribution in [1.29, 1.82) is 0 Å². The molecule has 4 aromatic rings. The van der Waals surface area contributed by atoms with Crippen molar-refractivity contribution in [1.82, 2.24) is 14.5 Å². The number of carbonyl (C=O) groups is 1. The molecule has 27 heavy (non-hydrogen) atoms. The summed E-state index contributed by atoms with van der Waals surface area (Å²) in [4.78, 5) is 24.3. The number of imidazole rings is 1. The first kappa shape index (κ1) is 16.2. The molecule has 2 aromatic heterocycles. The van der Waals surface area contributed by atoms with Crippen molar-refractivity contribution in [2.24, 2.45) is 0 Å². The van der Waals surface area contributed by atoms with Crippen LogP contribution in [0.25, 0.3) is 22.6 Å². The van der Waals surface area contributed by atoms with Crippen LogP contribution >= 0.6 is 11.3 Å². The second-order valence-electron chi connectivity index (χ2n) is 6.66. The van der Waals surface area contributed by atoms with E-state index in [0.717, 1.165) is 47.6 Å². The van der Waals surface area contributed by atoms with Crippen molar-refractivity contribution < 1.29 is 4.79 Å². The SMILES string of the molecule is O=C(Cn1c(-c2cscn2)nc2ccccc21)N1CCCc2ccccc21. The van der Waals surface area contributed by atoms with Crippen molar-refractivity contribution in [2.75, 3.05) is 11.4 Å². The van der Waals surface area contributed by atoms with E-state index in [2.05, 4.69) is 11.1 Å². The molecule has 5 nitrogen and oxygen atoms in total. The van der Waals surface area contributed by atoms with Crippen molar-refractivity contribution in [3.05, 3.63) is 65.0 Å². The third kappa shape index (κ3) is 2.82. The maximum atomic E-state index is 13.3. The van der Waals surface area contributed by atoms with E-state index in [0.29, 0.717) is 0 Å². The minimum atomic E-state index is 0.0850. The number of hydrogen-bond donors (Lipinski definition) is 0. The number of anilines is 1. The average molecular weight is 374 g/mol. The summed E-state index contributed by atoms with van der Waals surface area (Å²) >= 11 is 1.53. The number of benzene rings is 2. The normalized spacial score (nSPS) is 13.7. The summed E-state index contributed by atoms with van der Waals surface area (Å²) in [7, 11) is 0. The van der Waals surface area contributed by atoms with Crippen molar-refractivity contribution in [2.45, 2.75) is 19.4 Å². The molecule has 0 N–H and O–H groups in total. The van der Waals surface area contributed by atoms with Crippen LogP contribution in [0.1, 0.15) is 12.0 Å². The molecular weight excluding hydrogens is 356 g/mol. The zero-order chi connectivity index (χ0) is 18.2. The predicted molar refractivity (Wildman–Crippen MR) is 108 cm³/mol. The molecular formula is C21H18N4OS. The minimum Gasteiger partial charge on any atom is -0.313 e. The number of thiazole rings is 1. The van der Waals surface area contributed by atoms with Gasteiger partial charge in [-0.25, -0.2) is 9.97 Å². The van der Waals surface area contributed by atoms with E-state index < -0.39 is 0 Å². The maximum absolute atomic E-state index is 13.3. The van der Waals surface area contributed by atoms with Gasteiger partial charge in [0, 0.05) is 17.6 Å². The first-order chi connectivity index (χ1) is 13.3. The molecule has 1 amide bonds. The number of aromatic nitrogens is 3. The van der Waals surface area contributed by atoms with Gasteiger partial charge >= 0.3 is 0 Å². The monoisotopic (exact) mass is 374 g/mol. The summed E-state index contributed by atoms with van der Waals surface area (Å²) in [6.45, 7) is 1.01. The fraction of sp³-hybridized carbons (Fsp3) is 0.190. The van der Waals surface area contributed by atoms with E-state index in [1.54, 1.807) is 5.51 Å². The summed E-state index contributed by atoms with van der Waals surface area (Å²) in [5.41, 5.74) is 6.72. The lowest BCUT2D eigenvalue weighted by atomic mass is 10.0. The molecule has 1 aliphatic rings. The molecule has 0 radical (unpaired) electrons. The first-order valence-electron chi connectivity index (χ1n) is 9.03. The molecule has 0 unspecified atom stereocenters. The molecule has 1 aliphatic heterocycles. The number of rotatable bonds is 3. The third-order valence-electron chi connectivity index (χ3n) is 5.02. The van der Waals surface area contributed by atoms with Crippen LogP contribution in [0.5, 0.6) is 0 Å². The standard InChI is InChI=1S/C21H18N4OS/c26-20(24-11-5-7-15-6-1-3-9-18(15)24)12-25-19-10-4-2-8-16(19)23-21(25)17-13-27-14-22-17/h1-4,6,8-10,13-14H,5,7,11-12H2. The molecule has 0 atom stereocenters. The largest absolute Gasteiger partial charge is 0.313 e. The van der Waals surface area contributed by atoms with E-state index in [9.17, 15) is 4.79 Å². The van der Waals surface area contributed by atoms with Gasteiger partial charge in [0.05, 0.1) is 16.5 Å². The van der Waals surface area contributed by atoms with Gasteiger partial charge in [0.2, 0.25) is 5.91 Å². The number of hydrogen-bond acceptors (Lipinski definition) is 4. The third-order valence-corrected chi connectivity index (χ3v) is 5.61. The summed E-state index contributed by atoms with van der Waals surface area (Å²) < 4.78 is 1.99. The Morgan fingerprint density at radius 2 is 1.96 bits per heavy atom. The summed E-state index contributed by atoms with van der Waals surface area (Å²) in [6.07, 6.45) is 2.02. The van der Waals surface area contributed by atoms with Crippen molar-refractivity contribution >= 4 is 34.0 Å². The zero-order valence-corrected chi connectivity index (χ0v) is 15.5. The van der Waals surface area contributed by atoms with Crippen molar-refractivity contribution in [3.63, 3.8) is 0 Å². The highest BCUT2D eigenvalue weighted by Crippen LogP contribution is 2.29. The number of amides is 1. The van der Waals surface area contributed by atoms with Gasteiger partial charge in [-0.05, 0) is 36.6 Å². The van der Waals surface area contributed by atoms with Crippen LogP contribution in [0, 0.1) is 0 Å². The summed E-state index contributed by atoms with van der Waals surface area (Å²) in [6, 6.07) is 16.1. The molecule has 3 heterocycles. The number of fused-ring (bicyclic) bond motifs is 2. The highest BCUT2D eigenvalue weighted by Gasteiger charge is 2.24. The highest BCUT2D eigenvalue weighted by molar-refractivity contribution is 7.07. The first-order valence-corrected chi connectivity index (χ1v) is 9.97. The lowest BCUT2D eigenvalue weighted by molar-refractivity contribution is -0.119. The topological polar surface area (TPSA) is 51.0 Å². The molecule has 6 heteroatoms. The van der Waals surface area contributed by atoms with Gasteiger partial charge in [0.25, 0.3) is 0 Å². The van der Waals surface area contributed by atoms with E-state index in [1.807, 2.05) is 57.3 Å². The van der Waals surface area contributed by atoms with Crippen LogP contribution in [0.3, 0.4) is 0 Å².